The minimum absolute atomic E-state index is 0.0327. The third kappa shape index (κ3) is 4.56. The van der Waals surface area contributed by atoms with Gasteiger partial charge in [0.15, 0.2) is 16.4 Å². The van der Waals surface area contributed by atoms with Crippen LogP contribution in [0.25, 0.3) is 0 Å². The Labute approximate surface area is 160 Å². The Morgan fingerprint density at radius 1 is 1.26 bits per heavy atom. The maximum absolute atomic E-state index is 12.5. The number of rotatable bonds is 6. The highest BCUT2D eigenvalue weighted by atomic mass is 35.5. The summed E-state index contributed by atoms with van der Waals surface area (Å²) in [5.74, 6) is -1.57. The van der Waals surface area contributed by atoms with E-state index in [2.05, 4.69) is 0 Å². The molecule has 1 aliphatic carbocycles. The highest BCUT2D eigenvalue weighted by Gasteiger charge is 2.42. The Bertz CT molecular complexity index is 898. The van der Waals surface area contributed by atoms with Gasteiger partial charge in [-0.25, -0.2) is 13.2 Å². The van der Waals surface area contributed by atoms with Gasteiger partial charge < -0.3 is 9.64 Å². The van der Waals surface area contributed by atoms with Gasteiger partial charge in [-0.3, -0.25) is 14.9 Å². The van der Waals surface area contributed by atoms with Crippen molar-refractivity contribution in [3.8, 4) is 0 Å². The molecule has 0 radical (unpaired) electrons. The van der Waals surface area contributed by atoms with Crippen LogP contribution >= 0.6 is 11.6 Å². The molecule has 3 rings (SSSR count). The molecule has 9 nitrogen and oxygen atoms in total. The molecule has 1 atom stereocenters. The Morgan fingerprint density at radius 3 is 2.52 bits per heavy atom. The van der Waals surface area contributed by atoms with Crippen LogP contribution in [0.4, 0.5) is 5.69 Å². The first-order valence-electron chi connectivity index (χ1n) is 8.30. The normalized spacial score (nSPS) is 20.9. The van der Waals surface area contributed by atoms with E-state index < -0.39 is 45.0 Å². The second-order valence-electron chi connectivity index (χ2n) is 6.58. The fourth-order valence-corrected chi connectivity index (χ4v) is 5.04. The van der Waals surface area contributed by atoms with Gasteiger partial charge in [-0.05, 0) is 31.4 Å². The van der Waals surface area contributed by atoms with Gasteiger partial charge in [0.1, 0.15) is 5.56 Å². The van der Waals surface area contributed by atoms with Crippen LogP contribution in [0, 0.1) is 10.1 Å². The number of benzene rings is 1. The summed E-state index contributed by atoms with van der Waals surface area (Å²) in [6.07, 6.45) is 1.92. The van der Waals surface area contributed by atoms with E-state index in [1.54, 1.807) is 0 Å². The van der Waals surface area contributed by atoms with E-state index in [1.807, 2.05) is 0 Å². The number of sulfone groups is 1. The number of nitro benzene ring substituents is 1. The van der Waals surface area contributed by atoms with Crippen molar-refractivity contribution in [2.45, 2.75) is 31.3 Å². The van der Waals surface area contributed by atoms with Gasteiger partial charge in [0, 0.05) is 23.2 Å². The van der Waals surface area contributed by atoms with Crippen molar-refractivity contribution >= 4 is 39.0 Å². The smallest absolute Gasteiger partial charge is 0.345 e. The lowest BCUT2D eigenvalue weighted by atomic mass is 10.2. The quantitative estimate of drug-likeness (QED) is 0.391. The standard InChI is InChI=1S/C16H17ClN2O7S/c17-10-1-4-13(14(7-10)19(22)23)16(21)26-8-15(20)18(11-2-3-11)12-5-6-27(24,25)9-12/h1,4,7,11-12H,2-3,5-6,8-9H2/t12-/m0/s1. The largest absolute Gasteiger partial charge is 0.452 e. The zero-order valence-corrected chi connectivity index (χ0v) is 15.7. The number of nitrogens with zero attached hydrogens (tertiary/aromatic N) is 2. The van der Waals surface area contributed by atoms with E-state index in [0.717, 1.165) is 25.0 Å². The van der Waals surface area contributed by atoms with Crippen molar-refractivity contribution in [2.75, 3.05) is 18.1 Å². The summed E-state index contributed by atoms with van der Waals surface area (Å²) >= 11 is 5.71. The molecule has 1 saturated heterocycles. The van der Waals surface area contributed by atoms with Crippen LogP contribution in [-0.4, -0.2) is 60.3 Å². The van der Waals surface area contributed by atoms with E-state index in [4.69, 9.17) is 16.3 Å². The molecule has 0 unspecified atom stereocenters. The molecule has 1 amide bonds. The Kier molecular flexibility index (Phi) is 5.38. The minimum Gasteiger partial charge on any atom is -0.452 e. The van der Waals surface area contributed by atoms with E-state index in [-0.39, 0.29) is 28.1 Å². The Hall–Kier alpha value is -2.20. The molecule has 146 valence electrons. The Balaban J connectivity index is 1.68. The van der Waals surface area contributed by atoms with Crippen LogP contribution in [-0.2, 0) is 19.4 Å². The molecule has 11 heteroatoms. The zero-order chi connectivity index (χ0) is 19.8. The van der Waals surface area contributed by atoms with E-state index in [1.165, 1.54) is 11.0 Å². The Morgan fingerprint density at radius 2 is 1.96 bits per heavy atom. The van der Waals surface area contributed by atoms with Crippen LogP contribution in [0.5, 0.6) is 0 Å². The van der Waals surface area contributed by atoms with Crippen LogP contribution in [0.1, 0.15) is 29.6 Å². The van der Waals surface area contributed by atoms with Crippen LogP contribution in [0.3, 0.4) is 0 Å². The monoisotopic (exact) mass is 416 g/mol. The number of esters is 1. The fourth-order valence-electron chi connectivity index (χ4n) is 3.16. The highest BCUT2D eigenvalue weighted by molar-refractivity contribution is 7.91. The lowest BCUT2D eigenvalue weighted by molar-refractivity contribution is -0.385. The number of carbonyl (C=O) groups is 2. The first kappa shape index (κ1) is 19.6. The lowest BCUT2D eigenvalue weighted by Gasteiger charge is -2.28. The molecule has 1 saturated carbocycles. The molecule has 1 aliphatic heterocycles. The molecule has 0 bridgehead atoms. The molecular formula is C16H17ClN2O7S. The molecular weight excluding hydrogens is 400 g/mol. The summed E-state index contributed by atoms with van der Waals surface area (Å²) < 4.78 is 28.3. The van der Waals surface area contributed by atoms with Crippen molar-refractivity contribution in [3.63, 3.8) is 0 Å². The molecule has 1 aromatic rings. The number of nitro groups is 1. The van der Waals surface area contributed by atoms with Crippen LogP contribution in [0.15, 0.2) is 18.2 Å². The maximum Gasteiger partial charge on any atom is 0.345 e. The summed E-state index contributed by atoms with van der Waals surface area (Å²) in [5.41, 5.74) is -0.820. The average Bonchev–Trinajstić information content (AvgIpc) is 3.36. The SMILES string of the molecule is O=C(OCC(=O)N(C1CC1)[C@H]1CCS(=O)(=O)C1)c1ccc(Cl)cc1[N+](=O)[O-]. The van der Waals surface area contributed by atoms with Gasteiger partial charge in [-0.15, -0.1) is 0 Å². The molecule has 2 fully saturated rings. The summed E-state index contributed by atoms with van der Waals surface area (Å²) in [7, 11) is -3.16. The zero-order valence-electron chi connectivity index (χ0n) is 14.2. The second kappa shape index (κ2) is 7.43. The highest BCUT2D eigenvalue weighted by Crippen LogP contribution is 2.32. The van der Waals surface area contributed by atoms with Gasteiger partial charge >= 0.3 is 5.97 Å². The molecule has 2 aliphatic rings. The van der Waals surface area contributed by atoms with Crippen molar-refractivity contribution in [1.29, 1.82) is 0 Å². The predicted octanol–water partition coefficient (Wildman–Crippen LogP) is 1.58. The summed E-state index contributed by atoms with van der Waals surface area (Å²) in [4.78, 5) is 36.5. The molecule has 0 N–H and O–H groups in total. The number of ether oxygens (including phenoxy) is 1. The van der Waals surface area contributed by atoms with Gasteiger partial charge in [-0.1, -0.05) is 11.6 Å². The van der Waals surface area contributed by atoms with Crippen LogP contribution < -0.4 is 0 Å². The number of hydrogen-bond donors (Lipinski definition) is 0. The predicted molar refractivity (Wildman–Crippen MR) is 95.3 cm³/mol. The number of carbonyl (C=O) groups excluding carboxylic acids is 2. The molecule has 27 heavy (non-hydrogen) atoms. The second-order valence-corrected chi connectivity index (χ2v) is 9.25. The van der Waals surface area contributed by atoms with E-state index in [9.17, 15) is 28.1 Å². The van der Waals surface area contributed by atoms with Gasteiger partial charge in [-0.2, -0.15) is 0 Å². The number of amides is 1. The molecule has 1 aromatic carbocycles. The summed E-state index contributed by atoms with van der Waals surface area (Å²) in [5, 5.41) is 11.2. The summed E-state index contributed by atoms with van der Waals surface area (Å²) in [6, 6.07) is 3.04. The lowest BCUT2D eigenvalue weighted by Crippen LogP contribution is -2.44. The minimum atomic E-state index is -3.16. The molecule has 0 aromatic heterocycles. The average molecular weight is 417 g/mol. The topological polar surface area (TPSA) is 124 Å². The fraction of sp³-hybridized carbons (Fsp3) is 0.500. The number of halogens is 1. The van der Waals surface area contributed by atoms with Crippen LogP contribution in [0.2, 0.25) is 5.02 Å². The number of hydrogen-bond acceptors (Lipinski definition) is 7. The molecule has 0 spiro atoms. The van der Waals surface area contributed by atoms with Gasteiger partial charge in [0.2, 0.25) is 0 Å². The molecule has 1 heterocycles. The maximum atomic E-state index is 12.5. The van der Waals surface area contributed by atoms with E-state index >= 15 is 0 Å². The third-order valence-electron chi connectivity index (χ3n) is 4.53. The van der Waals surface area contributed by atoms with Gasteiger partial charge in [0.25, 0.3) is 11.6 Å². The first-order chi connectivity index (χ1) is 12.7. The van der Waals surface area contributed by atoms with Crippen molar-refractivity contribution < 1.29 is 27.7 Å². The van der Waals surface area contributed by atoms with Crippen molar-refractivity contribution in [3.05, 3.63) is 38.9 Å². The third-order valence-corrected chi connectivity index (χ3v) is 6.52. The van der Waals surface area contributed by atoms with Crippen molar-refractivity contribution in [1.82, 2.24) is 4.90 Å². The van der Waals surface area contributed by atoms with Crippen molar-refractivity contribution in [2.24, 2.45) is 0 Å². The first-order valence-corrected chi connectivity index (χ1v) is 10.5. The van der Waals surface area contributed by atoms with Gasteiger partial charge in [0.05, 0.1) is 16.4 Å². The summed E-state index contributed by atoms with van der Waals surface area (Å²) in [6.45, 7) is -0.605. The van der Waals surface area contributed by atoms with E-state index in [0.29, 0.717) is 6.42 Å².